The monoisotopic (exact) mass is 835 g/mol. The molecule has 1 atom stereocenters. The predicted molar refractivity (Wildman–Crippen MR) is 252 cm³/mol. The second kappa shape index (κ2) is 47.5. The van der Waals surface area contributed by atoms with Crippen LogP contribution in [-0.2, 0) is 28.6 Å². The Balaban J connectivity index is 4.27. The highest BCUT2D eigenvalue weighted by Crippen LogP contribution is 2.17. The van der Waals surface area contributed by atoms with Crippen LogP contribution in [0.3, 0.4) is 0 Å². The van der Waals surface area contributed by atoms with E-state index in [1.165, 1.54) is 193 Å². The third kappa shape index (κ3) is 47.3. The fourth-order valence-corrected chi connectivity index (χ4v) is 8.04. The maximum absolute atomic E-state index is 12.8. The molecule has 0 amide bonds. The summed E-state index contributed by atoms with van der Waals surface area (Å²) in [4.78, 5) is 37.9. The zero-order valence-electron chi connectivity index (χ0n) is 40.2. The van der Waals surface area contributed by atoms with Crippen LogP contribution in [0.1, 0.15) is 297 Å². The maximum Gasteiger partial charge on any atom is 0.306 e. The highest BCUT2D eigenvalue weighted by atomic mass is 16.6. The summed E-state index contributed by atoms with van der Waals surface area (Å²) in [5.41, 5.74) is 0. The van der Waals surface area contributed by atoms with Crippen LogP contribution in [0.4, 0.5) is 0 Å². The third-order valence-corrected chi connectivity index (χ3v) is 12.0. The number of esters is 3. The van der Waals surface area contributed by atoms with Crippen molar-refractivity contribution in [2.24, 2.45) is 5.92 Å². The van der Waals surface area contributed by atoms with E-state index in [4.69, 9.17) is 14.2 Å². The lowest BCUT2D eigenvalue weighted by Crippen LogP contribution is -2.30. The van der Waals surface area contributed by atoms with E-state index in [1.54, 1.807) is 0 Å². The molecular formula is C53H102O6. The second-order valence-electron chi connectivity index (χ2n) is 18.6. The van der Waals surface area contributed by atoms with Crippen LogP contribution in [0.25, 0.3) is 0 Å². The molecule has 0 unspecified atom stereocenters. The molecule has 0 aromatic heterocycles. The van der Waals surface area contributed by atoms with E-state index in [2.05, 4.69) is 27.7 Å². The zero-order valence-corrected chi connectivity index (χ0v) is 40.2. The summed E-state index contributed by atoms with van der Waals surface area (Å²) in [5.74, 6) is -0.0120. The molecular weight excluding hydrogens is 733 g/mol. The Bertz CT molecular complexity index is 887. The molecule has 0 bridgehead atoms. The smallest absolute Gasteiger partial charge is 0.306 e. The maximum atomic E-state index is 12.8. The average Bonchev–Trinajstić information content (AvgIpc) is 3.22. The lowest BCUT2D eigenvalue weighted by molar-refractivity contribution is -0.167. The lowest BCUT2D eigenvalue weighted by atomic mass is 10.0. The van der Waals surface area contributed by atoms with Gasteiger partial charge >= 0.3 is 17.9 Å². The van der Waals surface area contributed by atoms with Gasteiger partial charge in [0.25, 0.3) is 0 Å². The number of carbonyl (C=O) groups is 3. The predicted octanol–water partition coefficient (Wildman–Crippen LogP) is 17.1. The number of hydrogen-bond acceptors (Lipinski definition) is 6. The van der Waals surface area contributed by atoms with Gasteiger partial charge < -0.3 is 14.2 Å². The Labute approximate surface area is 368 Å². The molecule has 6 nitrogen and oxygen atoms in total. The zero-order chi connectivity index (χ0) is 43.1. The van der Waals surface area contributed by atoms with Gasteiger partial charge in [-0.05, 0) is 25.2 Å². The molecule has 0 aromatic rings. The van der Waals surface area contributed by atoms with E-state index < -0.39 is 6.10 Å². The summed E-state index contributed by atoms with van der Waals surface area (Å²) in [6, 6.07) is 0. The molecule has 0 heterocycles. The van der Waals surface area contributed by atoms with Gasteiger partial charge in [0.05, 0.1) is 0 Å². The Hall–Kier alpha value is -1.59. The minimum absolute atomic E-state index is 0.0626. The van der Waals surface area contributed by atoms with E-state index in [9.17, 15) is 14.4 Å². The van der Waals surface area contributed by atoms with Crippen LogP contribution in [-0.4, -0.2) is 37.2 Å². The molecule has 0 radical (unpaired) electrons. The van der Waals surface area contributed by atoms with Gasteiger partial charge in [0, 0.05) is 19.3 Å². The van der Waals surface area contributed by atoms with E-state index in [0.717, 1.165) is 63.7 Å². The molecule has 0 spiro atoms. The molecule has 0 N–H and O–H groups in total. The van der Waals surface area contributed by atoms with Crippen LogP contribution in [0.15, 0.2) is 0 Å². The molecule has 0 aliphatic carbocycles. The Kier molecular flexibility index (Phi) is 46.2. The molecule has 59 heavy (non-hydrogen) atoms. The first-order valence-corrected chi connectivity index (χ1v) is 26.4. The minimum Gasteiger partial charge on any atom is -0.462 e. The number of hydrogen-bond donors (Lipinski definition) is 0. The van der Waals surface area contributed by atoms with Crippen molar-refractivity contribution in [1.29, 1.82) is 0 Å². The summed E-state index contributed by atoms with van der Waals surface area (Å²) in [6.45, 7) is 9.02. The standard InChI is InChI=1S/C53H102O6/c1-5-7-9-11-13-15-17-18-19-20-21-25-29-33-37-41-45-52(55)58-48-50(47-57-51(54)44-40-36-32-28-16-14-12-10-8-6-2)59-53(56)46-42-38-34-30-26-23-22-24-27-31-35-39-43-49(3)4/h49-50H,5-48H2,1-4H3/t50-/m1/s1. The molecule has 0 rings (SSSR count). The van der Waals surface area contributed by atoms with E-state index >= 15 is 0 Å². The van der Waals surface area contributed by atoms with Gasteiger partial charge in [-0.15, -0.1) is 0 Å². The van der Waals surface area contributed by atoms with Crippen LogP contribution in [0, 0.1) is 5.92 Å². The van der Waals surface area contributed by atoms with Crippen molar-refractivity contribution in [2.75, 3.05) is 13.2 Å². The third-order valence-electron chi connectivity index (χ3n) is 12.0. The lowest BCUT2D eigenvalue weighted by Gasteiger charge is -2.18. The minimum atomic E-state index is -0.760. The van der Waals surface area contributed by atoms with Crippen molar-refractivity contribution in [1.82, 2.24) is 0 Å². The second-order valence-corrected chi connectivity index (χ2v) is 18.6. The van der Waals surface area contributed by atoms with Crippen LogP contribution in [0.2, 0.25) is 0 Å². The van der Waals surface area contributed by atoms with Crippen LogP contribution in [0.5, 0.6) is 0 Å². The van der Waals surface area contributed by atoms with E-state index in [1.807, 2.05) is 0 Å². The topological polar surface area (TPSA) is 78.9 Å². The van der Waals surface area contributed by atoms with Crippen LogP contribution >= 0.6 is 0 Å². The van der Waals surface area contributed by atoms with Crippen LogP contribution < -0.4 is 0 Å². The summed E-state index contributed by atoms with van der Waals surface area (Å²) >= 11 is 0. The molecule has 0 fully saturated rings. The number of unbranched alkanes of at least 4 members (excludes halogenated alkanes) is 35. The van der Waals surface area contributed by atoms with Gasteiger partial charge in [0.2, 0.25) is 0 Å². The summed E-state index contributed by atoms with van der Waals surface area (Å²) in [7, 11) is 0. The van der Waals surface area contributed by atoms with Crippen molar-refractivity contribution in [2.45, 2.75) is 303 Å². The number of ether oxygens (including phenoxy) is 3. The molecule has 0 saturated heterocycles. The molecule has 0 aromatic carbocycles. The Morgan fingerprint density at radius 2 is 0.559 bits per heavy atom. The quantitative estimate of drug-likeness (QED) is 0.0345. The van der Waals surface area contributed by atoms with Crippen molar-refractivity contribution >= 4 is 17.9 Å². The number of carbonyl (C=O) groups excluding carboxylic acids is 3. The summed E-state index contributed by atoms with van der Waals surface area (Å²) in [6.07, 6.45) is 49.4. The van der Waals surface area contributed by atoms with Crippen molar-refractivity contribution < 1.29 is 28.6 Å². The van der Waals surface area contributed by atoms with Gasteiger partial charge in [0.1, 0.15) is 13.2 Å². The average molecular weight is 835 g/mol. The van der Waals surface area contributed by atoms with E-state index in [-0.39, 0.29) is 31.1 Å². The highest BCUT2D eigenvalue weighted by molar-refractivity contribution is 5.71. The molecule has 0 saturated carbocycles. The van der Waals surface area contributed by atoms with Crippen molar-refractivity contribution in [3.63, 3.8) is 0 Å². The normalized spacial score (nSPS) is 11.9. The largest absolute Gasteiger partial charge is 0.462 e. The van der Waals surface area contributed by atoms with Gasteiger partial charge in [-0.25, -0.2) is 0 Å². The van der Waals surface area contributed by atoms with Gasteiger partial charge in [-0.3, -0.25) is 14.4 Å². The Morgan fingerprint density at radius 3 is 0.831 bits per heavy atom. The van der Waals surface area contributed by atoms with Crippen molar-refractivity contribution in [3.8, 4) is 0 Å². The molecule has 6 heteroatoms. The van der Waals surface area contributed by atoms with E-state index in [0.29, 0.717) is 19.3 Å². The first kappa shape index (κ1) is 57.4. The molecule has 350 valence electrons. The van der Waals surface area contributed by atoms with Gasteiger partial charge in [0.15, 0.2) is 6.10 Å². The fourth-order valence-electron chi connectivity index (χ4n) is 8.04. The highest BCUT2D eigenvalue weighted by Gasteiger charge is 2.19. The molecule has 0 aliphatic rings. The summed E-state index contributed by atoms with van der Waals surface area (Å²) in [5, 5.41) is 0. The fraction of sp³-hybridized carbons (Fsp3) is 0.943. The first-order chi connectivity index (χ1) is 28.9. The Morgan fingerprint density at radius 1 is 0.322 bits per heavy atom. The van der Waals surface area contributed by atoms with Gasteiger partial charge in [-0.1, -0.05) is 259 Å². The van der Waals surface area contributed by atoms with Crippen molar-refractivity contribution in [3.05, 3.63) is 0 Å². The number of rotatable bonds is 48. The van der Waals surface area contributed by atoms with Gasteiger partial charge in [-0.2, -0.15) is 0 Å². The first-order valence-electron chi connectivity index (χ1n) is 26.4. The summed E-state index contributed by atoms with van der Waals surface area (Å²) < 4.78 is 16.8. The SMILES string of the molecule is CCCCCCCCCCCCCCCCCCC(=O)OC[C@@H](COC(=O)CCCCCCCCCCCC)OC(=O)CCCCCCCCCCCCCCC(C)C. The molecule has 0 aliphatic heterocycles.